The molecule has 0 spiro atoms. The number of methoxy groups -OCH3 is 1. The number of hydrogen-bond acceptors (Lipinski definition) is 4. The standard InChI is InChI=1S/C14H22N2O4S/c1-4-14(17)15-9-10-16(21(3,18)19)11-12-7-5-6-8-13(12)20-2/h5-8H,4,9-11H2,1-3H3,(H,15,17). The van der Waals surface area contributed by atoms with E-state index in [0.29, 0.717) is 12.2 Å². The van der Waals surface area contributed by atoms with Crippen molar-refractivity contribution >= 4 is 15.9 Å². The minimum absolute atomic E-state index is 0.0965. The largest absolute Gasteiger partial charge is 0.496 e. The molecule has 0 saturated carbocycles. The van der Waals surface area contributed by atoms with Gasteiger partial charge in [-0.15, -0.1) is 0 Å². The highest BCUT2D eigenvalue weighted by molar-refractivity contribution is 7.88. The van der Waals surface area contributed by atoms with Crippen molar-refractivity contribution in [3.63, 3.8) is 0 Å². The van der Waals surface area contributed by atoms with Gasteiger partial charge in [0.2, 0.25) is 15.9 Å². The number of hydrogen-bond donors (Lipinski definition) is 1. The van der Waals surface area contributed by atoms with E-state index >= 15 is 0 Å². The molecular formula is C14H22N2O4S. The van der Waals surface area contributed by atoms with Crippen LogP contribution in [0.5, 0.6) is 5.75 Å². The molecule has 6 nitrogen and oxygen atoms in total. The average Bonchev–Trinajstić information content (AvgIpc) is 2.45. The van der Waals surface area contributed by atoms with Crippen LogP contribution < -0.4 is 10.1 Å². The van der Waals surface area contributed by atoms with Crippen LogP contribution in [-0.2, 0) is 21.4 Å². The summed E-state index contributed by atoms with van der Waals surface area (Å²) in [6.07, 6.45) is 1.54. The lowest BCUT2D eigenvalue weighted by atomic mass is 10.2. The van der Waals surface area contributed by atoms with E-state index in [1.807, 2.05) is 18.2 Å². The number of nitrogens with zero attached hydrogens (tertiary/aromatic N) is 1. The third-order valence-corrected chi connectivity index (χ3v) is 4.26. The summed E-state index contributed by atoms with van der Waals surface area (Å²) in [7, 11) is -1.82. The van der Waals surface area contributed by atoms with Crippen LogP contribution >= 0.6 is 0 Å². The molecule has 1 N–H and O–H groups in total. The third kappa shape index (κ3) is 5.73. The summed E-state index contributed by atoms with van der Waals surface area (Å²) < 4.78 is 30.3. The number of carbonyl (C=O) groups is 1. The van der Waals surface area contributed by atoms with Crippen LogP contribution in [0, 0.1) is 0 Å². The highest BCUT2D eigenvalue weighted by Gasteiger charge is 2.18. The van der Waals surface area contributed by atoms with E-state index in [9.17, 15) is 13.2 Å². The minimum Gasteiger partial charge on any atom is -0.496 e. The molecule has 0 atom stereocenters. The van der Waals surface area contributed by atoms with E-state index in [1.54, 1.807) is 20.1 Å². The first kappa shape index (κ1) is 17.5. The molecule has 0 aliphatic carbocycles. The number of sulfonamides is 1. The van der Waals surface area contributed by atoms with E-state index < -0.39 is 10.0 Å². The van der Waals surface area contributed by atoms with Gasteiger partial charge in [0.05, 0.1) is 13.4 Å². The highest BCUT2D eigenvalue weighted by atomic mass is 32.2. The van der Waals surface area contributed by atoms with Gasteiger partial charge < -0.3 is 10.1 Å². The van der Waals surface area contributed by atoms with Gasteiger partial charge in [0.25, 0.3) is 0 Å². The lowest BCUT2D eigenvalue weighted by molar-refractivity contribution is -0.120. The van der Waals surface area contributed by atoms with E-state index in [0.717, 1.165) is 11.8 Å². The molecule has 21 heavy (non-hydrogen) atoms. The van der Waals surface area contributed by atoms with Crippen LogP contribution in [0.15, 0.2) is 24.3 Å². The fourth-order valence-corrected chi connectivity index (χ4v) is 2.63. The number of amides is 1. The predicted octanol–water partition coefficient (Wildman–Crippen LogP) is 0.983. The first-order valence-electron chi connectivity index (χ1n) is 6.72. The number of nitrogens with one attached hydrogen (secondary N) is 1. The molecule has 0 aliphatic heterocycles. The molecule has 7 heteroatoms. The molecule has 1 aromatic carbocycles. The quantitative estimate of drug-likeness (QED) is 0.776. The maximum atomic E-state index is 11.9. The fourth-order valence-electron chi connectivity index (χ4n) is 1.83. The fraction of sp³-hybridized carbons (Fsp3) is 0.500. The van der Waals surface area contributed by atoms with Gasteiger partial charge in [0.1, 0.15) is 5.75 Å². The molecule has 0 fully saturated rings. The highest BCUT2D eigenvalue weighted by Crippen LogP contribution is 2.20. The van der Waals surface area contributed by atoms with Gasteiger partial charge in [-0.1, -0.05) is 25.1 Å². The second-order valence-electron chi connectivity index (χ2n) is 4.61. The number of carbonyl (C=O) groups excluding carboxylic acids is 1. The summed E-state index contributed by atoms with van der Waals surface area (Å²) in [5.41, 5.74) is 0.784. The smallest absolute Gasteiger partial charge is 0.219 e. The molecule has 0 aromatic heterocycles. The van der Waals surface area contributed by atoms with Gasteiger partial charge in [-0.2, -0.15) is 4.31 Å². The SMILES string of the molecule is CCC(=O)NCCN(Cc1ccccc1OC)S(C)(=O)=O. The molecule has 0 heterocycles. The normalized spacial score (nSPS) is 11.4. The predicted molar refractivity (Wildman–Crippen MR) is 81.5 cm³/mol. The minimum atomic E-state index is -3.37. The molecular weight excluding hydrogens is 292 g/mol. The van der Waals surface area contributed by atoms with Crippen molar-refractivity contribution in [1.29, 1.82) is 0 Å². The molecule has 1 amide bonds. The summed E-state index contributed by atoms with van der Waals surface area (Å²) in [5.74, 6) is 0.546. The van der Waals surface area contributed by atoms with Crippen LogP contribution in [0.1, 0.15) is 18.9 Å². The second kappa shape index (κ2) is 7.99. The van der Waals surface area contributed by atoms with Gasteiger partial charge in [-0.25, -0.2) is 8.42 Å². The maximum Gasteiger partial charge on any atom is 0.219 e. The van der Waals surface area contributed by atoms with Gasteiger partial charge in [-0.3, -0.25) is 4.79 Å². The number of para-hydroxylation sites is 1. The molecule has 0 unspecified atom stereocenters. The number of ether oxygens (including phenoxy) is 1. The Balaban J connectivity index is 2.77. The van der Waals surface area contributed by atoms with Gasteiger partial charge in [0.15, 0.2) is 0 Å². The average molecular weight is 314 g/mol. The molecule has 0 radical (unpaired) electrons. The Labute approximate surface area is 126 Å². The zero-order valence-corrected chi connectivity index (χ0v) is 13.4. The molecule has 0 saturated heterocycles. The summed E-state index contributed by atoms with van der Waals surface area (Å²) in [6.45, 7) is 2.47. The van der Waals surface area contributed by atoms with Crippen LogP contribution in [0.3, 0.4) is 0 Å². The number of rotatable bonds is 8. The monoisotopic (exact) mass is 314 g/mol. The van der Waals surface area contributed by atoms with Crippen molar-refractivity contribution in [2.45, 2.75) is 19.9 Å². The Morgan fingerprint density at radius 2 is 2.00 bits per heavy atom. The number of benzene rings is 1. The van der Waals surface area contributed by atoms with Crippen LogP contribution in [-0.4, -0.2) is 45.1 Å². The molecule has 1 rings (SSSR count). The van der Waals surface area contributed by atoms with Crippen molar-refractivity contribution < 1.29 is 17.9 Å². The van der Waals surface area contributed by atoms with Gasteiger partial charge in [0, 0.05) is 31.6 Å². The van der Waals surface area contributed by atoms with Crippen molar-refractivity contribution in [2.75, 3.05) is 26.5 Å². The van der Waals surface area contributed by atoms with E-state index in [4.69, 9.17) is 4.74 Å². The molecule has 118 valence electrons. The summed E-state index contributed by atoms with van der Waals surface area (Å²) >= 11 is 0. The van der Waals surface area contributed by atoms with Crippen molar-refractivity contribution in [3.05, 3.63) is 29.8 Å². The van der Waals surface area contributed by atoms with E-state index in [-0.39, 0.29) is 25.5 Å². The Morgan fingerprint density at radius 3 is 2.57 bits per heavy atom. The molecule has 0 aliphatic rings. The summed E-state index contributed by atoms with van der Waals surface area (Å²) in [4.78, 5) is 11.2. The zero-order valence-electron chi connectivity index (χ0n) is 12.6. The van der Waals surface area contributed by atoms with Gasteiger partial charge >= 0.3 is 0 Å². The van der Waals surface area contributed by atoms with Crippen LogP contribution in [0.2, 0.25) is 0 Å². The lowest BCUT2D eigenvalue weighted by Crippen LogP contribution is -2.37. The Kier molecular flexibility index (Phi) is 6.64. The van der Waals surface area contributed by atoms with Crippen molar-refractivity contribution in [1.82, 2.24) is 9.62 Å². The summed E-state index contributed by atoms with van der Waals surface area (Å²) in [5, 5.41) is 2.67. The maximum absolute atomic E-state index is 11.9. The first-order valence-corrected chi connectivity index (χ1v) is 8.57. The third-order valence-electron chi connectivity index (χ3n) is 3.01. The van der Waals surface area contributed by atoms with Crippen LogP contribution in [0.4, 0.5) is 0 Å². The first-order chi connectivity index (χ1) is 9.88. The van der Waals surface area contributed by atoms with E-state index in [2.05, 4.69) is 5.32 Å². The Hall–Kier alpha value is -1.60. The second-order valence-corrected chi connectivity index (χ2v) is 6.59. The summed E-state index contributed by atoms with van der Waals surface area (Å²) in [6, 6.07) is 7.27. The van der Waals surface area contributed by atoms with Crippen molar-refractivity contribution in [3.8, 4) is 5.75 Å². The molecule has 0 bridgehead atoms. The van der Waals surface area contributed by atoms with E-state index in [1.165, 1.54) is 4.31 Å². The topological polar surface area (TPSA) is 75.7 Å². The Morgan fingerprint density at radius 1 is 1.33 bits per heavy atom. The Bertz CT molecular complexity index is 572. The van der Waals surface area contributed by atoms with Crippen molar-refractivity contribution in [2.24, 2.45) is 0 Å². The van der Waals surface area contributed by atoms with Crippen LogP contribution in [0.25, 0.3) is 0 Å². The zero-order chi connectivity index (χ0) is 15.9. The lowest BCUT2D eigenvalue weighted by Gasteiger charge is -2.21. The van der Waals surface area contributed by atoms with Gasteiger partial charge in [-0.05, 0) is 6.07 Å². The molecule has 1 aromatic rings.